The number of hydrogen-bond acceptors (Lipinski definition) is 2. The van der Waals surface area contributed by atoms with Gasteiger partial charge < -0.3 is 10.2 Å². The van der Waals surface area contributed by atoms with Crippen molar-refractivity contribution in [1.29, 1.82) is 0 Å². The fourth-order valence-electron chi connectivity index (χ4n) is 2.66. The van der Waals surface area contributed by atoms with Crippen molar-refractivity contribution in [1.82, 2.24) is 0 Å². The lowest BCUT2D eigenvalue weighted by atomic mass is 9.69. The van der Waals surface area contributed by atoms with Gasteiger partial charge in [0.2, 0.25) is 0 Å². The monoisotopic (exact) mass is 322 g/mol. The van der Waals surface area contributed by atoms with Crippen molar-refractivity contribution >= 4 is 5.97 Å². The molecule has 0 aromatic rings. The van der Waals surface area contributed by atoms with E-state index in [9.17, 15) is 36.2 Å². The fraction of sp³-hybridized carbons (Fsp3) is 0.917. The topological polar surface area (TPSA) is 57.5 Å². The fourth-order valence-corrected chi connectivity index (χ4v) is 2.66. The van der Waals surface area contributed by atoms with Crippen molar-refractivity contribution in [2.45, 2.75) is 57.0 Å². The second-order valence-electron chi connectivity index (χ2n) is 5.49. The number of rotatable bonds is 4. The second kappa shape index (κ2) is 6.02. The summed E-state index contributed by atoms with van der Waals surface area (Å²) < 4.78 is 74.7. The summed E-state index contributed by atoms with van der Waals surface area (Å²) in [5.74, 6) is -4.93. The highest BCUT2D eigenvalue weighted by atomic mass is 19.4. The van der Waals surface area contributed by atoms with Crippen molar-refractivity contribution in [3.63, 3.8) is 0 Å². The first kappa shape index (κ1) is 18.1. The van der Waals surface area contributed by atoms with E-state index >= 15 is 0 Å². The average Bonchev–Trinajstić information content (AvgIpc) is 2.28. The smallest absolute Gasteiger partial charge is 0.400 e. The average molecular weight is 322 g/mol. The standard InChI is InChI=1S/C12H16F6O3/c13-11(14,15)8(12(16,17)18)3-6-10(9(20)21)4-1-7(19)2-5-10/h7-8,19H,1-6H2,(H,20,21). The summed E-state index contributed by atoms with van der Waals surface area (Å²) in [6, 6.07) is 0. The first-order chi connectivity index (χ1) is 9.38. The molecule has 0 unspecified atom stereocenters. The number of aliphatic carboxylic acids is 1. The van der Waals surface area contributed by atoms with Crippen LogP contribution in [0.4, 0.5) is 26.3 Å². The van der Waals surface area contributed by atoms with E-state index in [0.29, 0.717) is 0 Å². The molecule has 1 rings (SSSR count). The molecule has 0 radical (unpaired) electrons. The quantitative estimate of drug-likeness (QED) is 0.779. The number of halogens is 6. The Bertz CT molecular complexity index is 354. The Morgan fingerprint density at radius 1 is 1.10 bits per heavy atom. The highest BCUT2D eigenvalue weighted by Crippen LogP contribution is 2.47. The molecule has 21 heavy (non-hydrogen) atoms. The molecule has 0 aromatic carbocycles. The van der Waals surface area contributed by atoms with E-state index in [4.69, 9.17) is 5.11 Å². The molecule has 0 aliphatic heterocycles. The minimum Gasteiger partial charge on any atom is -0.481 e. The first-order valence-corrected chi connectivity index (χ1v) is 6.43. The Morgan fingerprint density at radius 3 is 1.86 bits per heavy atom. The number of carboxylic acids is 1. The van der Waals surface area contributed by atoms with Crippen molar-refractivity contribution in [2.75, 3.05) is 0 Å². The molecule has 1 aliphatic carbocycles. The van der Waals surface area contributed by atoms with Crippen molar-refractivity contribution in [3.8, 4) is 0 Å². The van der Waals surface area contributed by atoms with Gasteiger partial charge in [-0.15, -0.1) is 0 Å². The molecule has 3 nitrogen and oxygen atoms in total. The molecule has 0 amide bonds. The molecule has 0 aromatic heterocycles. The largest absolute Gasteiger partial charge is 0.481 e. The number of carboxylic acid groups (broad SMARTS) is 1. The van der Waals surface area contributed by atoms with Crippen LogP contribution in [0.25, 0.3) is 0 Å². The van der Waals surface area contributed by atoms with Gasteiger partial charge in [0.15, 0.2) is 5.92 Å². The third-order valence-electron chi connectivity index (χ3n) is 4.07. The zero-order valence-corrected chi connectivity index (χ0v) is 11.0. The normalized spacial score (nSPS) is 27.9. The van der Waals surface area contributed by atoms with Gasteiger partial charge in [0.05, 0.1) is 11.5 Å². The molecule has 1 fully saturated rings. The summed E-state index contributed by atoms with van der Waals surface area (Å²) in [6.45, 7) is 0. The van der Waals surface area contributed by atoms with Gasteiger partial charge in [0, 0.05) is 0 Å². The van der Waals surface area contributed by atoms with Gasteiger partial charge in [0.25, 0.3) is 0 Å². The Morgan fingerprint density at radius 2 is 1.52 bits per heavy atom. The van der Waals surface area contributed by atoms with Crippen LogP contribution in [0.15, 0.2) is 0 Å². The van der Waals surface area contributed by atoms with Gasteiger partial charge in [0.1, 0.15) is 0 Å². The molecule has 1 saturated carbocycles. The van der Waals surface area contributed by atoms with E-state index < -0.39 is 48.6 Å². The van der Waals surface area contributed by atoms with E-state index in [1.807, 2.05) is 0 Å². The zero-order valence-electron chi connectivity index (χ0n) is 11.0. The lowest BCUT2D eigenvalue weighted by Crippen LogP contribution is -2.41. The highest BCUT2D eigenvalue weighted by molar-refractivity contribution is 5.74. The summed E-state index contributed by atoms with van der Waals surface area (Å²) in [4.78, 5) is 11.3. The van der Waals surface area contributed by atoms with Crippen LogP contribution in [0.5, 0.6) is 0 Å². The molecule has 124 valence electrons. The number of hydrogen-bond donors (Lipinski definition) is 2. The maximum absolute atomic E-state index is 12.5. The minimum atomic E-state index is -5.45. The molecule has 9 heteroatoms. The predicted molar refractivity (Wildman–Crippen MR) is 59.4 cm³/mol. The molecule has 0 bridgehead atoms. The van der Waals surface area contributed by atoms with Crippen LogP contribution in [-0.2, 0) is 4.79 Å². The van der Waals surface area contributed by atoms with Crippen LogP contribution in [0.3, 0.4) is 0 Å². The van der Waals surface area contributed by atoms with Crippen molar-refractivity contribution < 1.29 is 41.4 Å². The summed E-state index contributed by atoms with van der Waals surface area (Å²) >= 11 is 0. The SMILES string of the molecule is O=C(O)C1(CCC(C(F)(F)F)C(F)(F)F)CCC(O)CC1. The second-order valence-corrected chi connectivity index (χ2v) is 5.49. The lowest BCUT2D eigenvalue weighted by Gasteiger charge is -2.36. The molecule has 0 saturated heterocycles. The molecule has 0 spiro atoms. The minimum absolute atomic E-state index is 0.0645. The van der Waals surface area contributed by atoms with E-state index in [1.165, 1.54) is 0 Å². The molecule has 1 aliphatic rings. The molecule has 0 atom stereocenters. The summed E-state index contributed by atoms with van der Waals surface area (Å²) in [5, 5.41) is 18.5. The molecule has 2 N–H and O–H groups in total. The summed E-state index contributed by atoms with van der Waals surface area (Å²) in [5.41, 5.74) is -1.62. The third kappa shape index (κ3) is 4.49. The van der Waals surface area contributed by atoms with Crippen LogP contribution >= 0.6 is 0 Å². The van der Waals surface area contributed by atoms with Gasteiger partial charge in [-0.3, -0.25) is 4.79 Å². The Balaban J connectivity index is 2.83. The Hall–Kier alpha value is -0.990. The lowest BCUT2D eigenvalue weighted by molar-refractivity contribution is -0.287. The number of carbonyl (C=O) groups is 1. The highest BCUT2D eigenvalue weighted by Gasteiger charge is 2.57. The van der Waals surface area contributed by atoms with Gasteiger partial charge in [-0.2, -0.15) is 26.3 Å². The van der Waals surface area contributed by atoms with E-state index in [2.05, 4.69) is 0 Å². The van der Waals surface area contributed by atoms with Crippen molar-refractivity contribution in [2.24, 2.45) is 11.3 Å². The van der Waals surface area contributed by atoms with Gasteiger partial charge in [-0.25, -0.2) is 0 Å². The maximum Gasteiger partial charge on any atom is 0.400 e. The van der Waals surface area contributed by atoms with Crippen molar-refractivity contribution in [3.05, 3.63) is 0 Å². The maximum atomic E-state index is 12.5. The van der Waals surface area contributed by atoms with Gasteiger partial charge in [-0.1, -0.05) is 0 Å². The van der Waals surface area contributed by atoms with E-state index in [1.54, 1.807) is 0 Å². The first-order valence-electron chi connectivity index (χ1n) is 6.43. The molecular weight excluding hydrogens is 306 g/mol. The van der Waals surface area contributed by atoms with Gasteiger partial charge in [-0.05, 0) is 38.5 Å². The van der Waals surface area contributed by atoms with Crippen LogP contribution in [0.2, 0.25) is 0 Å². The Labute approximate surface area is 116 Å². The summed E-state index contributed by atoms with van der Waals surface area (Å²) in [7, 11) is 0. The zero-order chi connectivity index (χ0) is 16.5. The molecule has 0 heterocycles. The van der Waals surface area contributed by atoms with E-state index in [-0.39, 0.29) is 25.7 Å². The number of alkyl halides is 6. The predicted octanol–water partition coefficient (Wildman–Crippen LogP) is 3.51. The van der Waals surface area contributed by atoms with E-state index in [0.717, 1.165) is 0 Å². The number of aliphatic hydroxyl groups excluding tert-OH is 1. The van der Waals surface area contributed by atoms with Gasteiger partial charge >= 0.3 is 18.3 Å². The van der Waals surface area contributed by atoms with Crippen LogP contribution in [0, 0.1) is 11.3 Å². The van der Waals surface area contributed by atoms with Crippen LogP contribution in [-0.4, -0.2) is 34.6 Å². The van der Waals surface area contributed by atoms with Crippen LogP contribution in [0.1, 0.15) is 38.5 Å². The summed E-state index contributed by atoms with van der Waals surface area (Å²) in [6.07, 6.45) is -13.8. The number of aliphatic hydroxyl groups is 1. The molecular formula is C12H16F6O3. The third-order valence-corrected chi connectivity index (χ3v) is 4.07. The Kier molecular flexibility index (Phi) is 5.18. The van der Waals surface area contributed by atoms with Crippen LogP contribution < -0.4 is 0 Å².